The third-order valence-corrected chi connectivity index (χ3v) is 3.33. The minimum atomic E-state index is -0.721. The molecule has 2 heterocycles. The van der Waals surface area contributed by atoms with E-state index in [0.717, 1.165) is 5.56 Å². The molecule has 1 aromatic heterocycles. The fraction of sp³-hybridized carbons (Fsp3) is 0.692. The van der Waals surface area contributed by atoms with Gasteiger partial charge in [-0.15, -0.1) is 0 Å². The maximum absolute atomic E-state index is 10.4. The smallest absolute Gasteiger partial charge is 0.221 e. The molecule has 0 bridgehead atoms. The van der Waals surface area contributed by atoms with Gasteiger partial charge in [0.1, 0.15) is 12.1 Å². The second-order valence-electron chi connectivity index (χ2n) is 4.78. The highest BCUT2D eigenvalue weighted by Crippen LogP contribution is 2.24. The Morgan fingerprint density at radius 2 is 2.16 bits per heavy atom. The van der Waals surface area contributed by atoms with Gasteiger partial charge in [0, 0.05) is 32.6 Å². The highest BCUT2D eigenvalue weighted by atomic mass is 16.5. The molecule has 0 saturated carbocycles. The monoisotopic (exact) mass is 267 g/mol. The van der Waals surface area contributed by atoms with Crippen LogP contribution < -0.4 is 10.1 Å². The van der Waals surface area contributed by atoms with Crippen molar-refractivity contribution in [2.45, 2.75) is 32.3 Å². The number of aliphatic hydroxyl groups is 1. The lowest BCUT2D eigenvalue weighted by Gasteiger charge is -2.32. The van der Waals surface area contributed by atoms with Crippen LogP contribution in [0.5, 0.6) is 5.88 Å². The standard InChI is InChI=1S/C13H21N3O3/c1-3-19-12-10(2)11(15-9-16-12)14-8-13(17)4-6-18-7-5-13/h9,17H,3-8H2,1-2H3,(H,14,15,16). The first-order chi connectivity index (χ1) is 9.14. The summed E-state index contributed by atoms with van der Waals surface area (Å²) >= 11 is 0. The zero-order valence-electron chi connectivity index (χ0n) is 11.5. The maximum Gasteiger partial charge on any atom is 0.221 e. The molecule has 2 rings (SSSR count). The first-order valence-corrected chi connectivity index (χ1v) is 6.63. The van der Waals surface area contributed by atoms with Gasteiger partial charge in [-0.1, -0.05) is 0 Å². The lowest BCUT2D eigenvalue weighted by molar-refractivity contribution is -0.0543. The van der Waals surface area contributed by atoms with Gasteiger partial charge < -0.3 is 19.9 Å². The van der Waals surface area contributed by atoms with E-state index in [2.05, 4.69) is 15.3 Å². The summed E-state index contributed by atoms with van der Waals surface area (Å²) in [5.41, 5.74) is 0.140. The summed E-state index contributed by atoms with van der Waals surface area (Å²) in [4.78, 5) is 8.28. The summed E-state index contributed by atoms with van der Waals surface area (Å²) in [6, 6.07) is 0. The Morgan fingerprint density at radius 3 is 2.84 bits per heavy atom. The SMILES string of the molecule is CCOc1ncnc(NCC2(O)CCOCC2)c1C. The molecule has 0 aromatic carbocycles. The number of ether oxygens (including phenoxy) is 2. The van der Waals surface area contributed by atoms with Crippen molar-refractivity contribution in [2.24, 2.45) is 0 Å². The summed E-state index contributed by atoms with van der Waals surface area (Å²) in [5, 5.41) is 13.6. The molecule has 0 spiro atoms. The number of rotatable bonds is 5. The van der Waals surface area contributed by atoms with Crippen LogP contribution >= 0.6 is 0 Å². The normalized spacial score (nSPS) is 18.1. The Balaban J connectivity index is 2.00. The van der Waals surface area contributed by atoms with Gasteiger partial charge in [-0.2, -0.15) is 0 Å². The van der Waals surface area contributed by atoms with Crippen molar-refractivity contribution < 1.29 is 14.6 Å². The molecule has 0 unspecified atom stereocenters. The minimum Gasteiger partial charge on any atom is -0.478 e. The zero-order valence-corrected chi connectivity index (χ0v) is 11.5. The fourth-order valence-electron chi connectivity index (χ4n) is 2.07. The average molecular weight is 267 g/mol. The quantitative estimate of drug-likeness (QED) is 0.833. The molecule has 1 fully saturated rings. The number of nitrogens with one attached hydrogen (secondary N) is 1. The largest absolute Gasteiger partial charge is 0.478 e. The van der Waals surface area contributed by atoms with Crippen LogP contribution in [0.1, 0.15) is 25.3 Å². The number of nitrogens with zero attached hydrogens (tertiary/aromatic N) is 2. The molecule has 1 aromatic rings. The summed E-state index contributed by atoms with van der Waals surface area (Å²) in [5.74, 6) is 1.29. The molecule has 106 valence electrons. The zero-order chi connectivity index (χ0) is 13.7. The van der Waals surface area contributed by atoms with Crippen molar-refractivity contribution >= 4 is 5.82 Å². The molecule has 1 saturated heterocycles. The Morgan fingerprint density at radius 1 is 1.42 bits per heavy atom. The van der Waals surface area contributed by atoms with E-state index in [9.17, 15) is 5.11 Å². The van der Waals surface area contributed by atoms with Gasteiger partial charge in [0.2, 0.25) is 5.88 Å². The number of anilines is 1. The molecule has 6 heteroatoms. The van der Waals surface area contributed by atoms with E-state index in [1.54, 1.807) is 0 Å². The first kappa shape index (κ1) is 14.0. The third kappa shape index (κ3) is 3.54. The van der Waals surface area contributed by atoms with Crippen LogP contribution in [-0.2, 0) is 4.74 Å². The summed E-state index contributed by atoms with van der Waals surface area (Å²) in [6.07, 6.45) is 2.75. The highest BCUT2D eigenvalue weighted by Gasteiger charge is 2.29. The minimum absolute atomic E-state index is 0.458. The van der Waals surface area contributed by atoms with E-state index in [1.165, 1.54) is 6.33 Å². The van der Waals surface area contributed by atoms with Crippen molar-refractivity contribution in [3.8, 4) is 5.88 Å². The molecule has 0 atom stereocenters. The Bertz CT molecular complexity index is 420. The van der Waals surface area contributed by atoms with Gasteiger partial charge >= 0.3 is 0 Å². The van der Waals surface area contributed by atoms with Crippen LogP contribution in [0, 0.1) is 6.92 Å². The van der Waals surface area contributed by atoms with E-state index in [4.69, 9.17) is 9.47 Å². The topological polar surface area (TPSA) is 76.5 Å². The van der Waals surface area contributed by atoms with Gasteiger partial charge in [0.25, 0.3) is 0 Å². The number of aromatic nitrogens is 2. The molecule has 0 aliphatic carbocycles. The fourth-order valence-corrected chi connectivity index (χ4v) is 2.07. The number of hydrogen-bond donors (Lipinski definition) is 2. The van der Waals surface area contributed by atoms with Gasteiger partial charge in [-0.25, -0.2) is 9.97 Å². The molecule has 2 N–H and O–H groups in total. The predicted octanol–water partition coefficient (Wildman–Crippen LogP) is 1.14. The molecule has 6 nitrogen and oxygen atoms in total. The average Bonchev–Trinajstić information content (AvgIpc) is 2.41. The Hall–Kier alpha value is -1.40. The molecule has 1 aliphatic heterocycles. The van der Waals surface area contributed by atoms with Crippen LogP contribution in [0.3, 0.4) is 0 Å². The third-order valence-electron chi connectivity index (χ3n) is 3.33. The van der Waals surface area contributed by atoms with E-state index in [1.807, 2.05) is 13.8 Å². The van der Waals surface area contributed by atoms with Gasteiger partial charge in [0.15, 0.2) is 0 Å². The molecule has 1 aliphatic rings. The van der Waals surface area contributed by atoms with Crippen LogP contribution in [-0.4, -0.2) is 47.0 Å². The van der Waals surface area contributed by atoms with Gasteiger partial charge in [0.05, 0.1) is 17.8 Å². The van der Waals surface area contributed by atoms with Gasteiger partial charge in [-0.05, 0) is 13.8 Å². The Kier molecular flexibility index (Phi) is 4.55. The van der Waals surface area contributed by atoms with Crippen LogP contribution in [0.2, 0.25) is 0 Å². The second kappa shape index (κ2) is 6.16. The predicted molar refractivity (Wildman–Crippen MR) is 71.4 cm³/mol. The maximum atomic E-state index is 10.4. The van der Waals surface area contributed by atoms with E-state index in [0.29, 0.717) is 50.9 Å². The summed E-state index contributed by atoms with van der Waals surface area (Å²) < 4.78 is 10.7. The van der Waals surface area contributed by atoms with Crippen molar-refractivity contribution in [3.63, 3.8) is 0 Å². The molecule has 0 amide bonds. The van der Waals surface area contributed by atoms with E-state index >= 15 is 0 Å². The first-order valence-electron chi connectivity index (χ1n) is 6.63. The van der Waals surface area contributed by atoms with Crippen molar-refractivity contribution in [1.29, 1.82) is 0 Å². The van der Waals surface area contributed by atoms with Crippen LogP contribution in [0.4, 0.5) is 5.82 Å². The van der Waals surface area contributed by atoms with Crippen LogP contribution in [0.15, 0.2) is 6.33 Å². The lowest BCUT2D eigenvalue weighted by Crippen LogP contribution is -2.42. The highest BCUT2D eigenvalue weighted by molar-refractivity contribution is 5.47. The second-order valence-corrected chi connectivity index (χ2v) is 4.78. The van der Waals surface area contributed by atoms with Crippen molar-refractivity contribution in [2.75, 3.05) is 31.7 Å². The van der Waals surface area contributed by atoms with Crippen LogP contribution in [0.25, 0.3) is 0 Å². The molecular weight excluding hydrogens is 246 g/mol. The number of hydrogen-bond acceptors (Lipinski definition) is 6. The van der Waals surface area contributed by atoms with Crippen molar-refractivity contribution in [1.82, 2.24) is 9.97 Å². The molecule has 19 heavy (non-hydrogen) atoms. The van der Waals surface area contributed by atoms with E-state index < -0.39 is 5.60 Å². The summed E-state index contributed by atoms with van der Waals surface area (Å²) in [7, 11) is 0. The molecular formula is C13H21N3O3. The van der Waals surface area contributed by atoms with E-state index in [-0.39, 0.29) is 0 Å². The lowest BCUT2D eigenvalue weighted by atomic mass is 9.94. The van der Waals surface area contributed by atoms with Crippen molar-refractivity contribution in [3.05, 3.63) is 11.9 Å². The molecule has 0 radical (unpaired) electrons. The summed E-state index contributed by atoms with van der Waals surface area (Å²) in [6.45, 7) is 6.05. The van der Waals surface area contributed by atoms with Gasteiger partial charge in [-0.3, -0.25) is 0 Å². The Labute approximate surface area is 113 Å².